The number of amides is 1. The molecule has 0 spiro atoms. The lowest BCUT2D eigenvalue weighted by atomic mass is 9.94. The molecule has 2 heterocycles. The lowest BCUT2D eigenvalue weighted by Gasteiger charge is -2.15. The van der Waals surface area contributed by atoms with Crippen LogP contribution in [-0.4, -0.2) is 31.6 Å². The molecule has 0 saturated heterocycles. The number of ether oxygens (including phenoxy) is 2. The monoisotopic (exact) mass is 391 g/mol. The van der Waals surface area contributed by atoms with Gasteiger partial charge in [-0.05, 0) is 47.9 Å². The maximum atomic E-state index is 12.2. The second-order valence-electron chi connectivity index (χ2n) is 6.97. The van der Waals surface area contributed by atoms with Crippen molar-refractivity contribution in [3.05, 3.63) is 77.2 Å². The zero-order valence-electron chi connectivity index (χ0n) is 16.2. The fourth-order valence-corrected chi connectivity index (χ4v) is 3.61. The van der Waals surface area contributed by atoms with E-state index in [-0.39, 0.29) is 17.8 Å². The average Bonchev–Trinajstić information content (AvgIpc) is 3.40. The molecular weight excluding hydrogens is 370 g/mol. The molecule has 4 rings (SSSR count). The van der Waals surface area contributed by atoms with Crippen LogP contribution in [0.25, 0.3) is 11.1 Å². The van der Waals surface area contributed by atoms with Crippen molar-refractivity contribution in [2.24, 2.45) is 0 Å². The third-order valence-corrected chi connectivity index (χ3v) is 4.90. The molecule has 0 fully saturated rings. The highest BCUT2D eigenvalue weighted by Gasteiger charge is 2.28. The SMILES string of the molecule is COC(=O)c1ccccc1-c1cc(C)cc2c1OC(CNC(=O)c1ccco1)C2. The van der Waals surface area contributed by atoms with Gasteiger partial charge in [0.15, 0.2) is 5.76 Å². The summed E-state index contributed by atoms with van der Waals surface area (Å²) in [4.78, 5) is 24.3. The number of carbonyl (C=O) groups is 2. The van der Waals surface area contributed by atoms with Gasteiger partial charge in [0, 0.05) is 12.0 Å². The van der Waals surface area contributed by atoms with Crippen molar-refractivity contribution in [2.45, 2.75) is 19.4 Å². The molecule has 0 bridgehead atoms. The Morgan fingerprint density at radius 1 is 1.14 bits per heavy atom. The van der Waals surface area contributed by atoms with Gasteiger partial charge in [-0.1, -0.05) is 24.3 Å². The van der Waals surface area contributed by atoms with E-state index in [1.54, 1.807) is 24.3 Å². The topological polar surface area (TPSA) is 77.8 Å². The number of rotatable bonds is 5. The predicted molar refractivity (Wildman–Crippen MR) is 107 cm³/mol. The first-order valence-electron chi connectivity index (χ1n) is 9.36. The number of nitrogens with one attached hydrogen (secondary N) is 1. The quantitative estimate of drug-likeness (QED) is 0.670. The lowest BCUT2D eigenvalue weighted by molar-refractivity contribution is 0.0601. The van der Waals surface area contributed by atoms with Gasteiger partial charge in [-0.25, -0.2) is 4.79 Å². The fourth-order valence-electron chi connectivity index (χ4n) is 3.61. The molecule has 0 saturated carbocycles. The standard InChI is InChI=1S/C23H21NO5/c1-14-10-15-12-16(13-24-22(25)20-8-5-9-28-20)29-21(15)19(11-14)17-6-3-4-7-18(17)23(26)27-2/h3-11,16H,12-13H2,1-2H3,(H,24,25). The maximum absolute atomic E-state index is 12.2. The molecule has 0 aliphatic carbocycles. The lowest BCUT2D eigenvalue weighted by Crippen LogP contribution is -2.34. The number of benzene rings is 2. The van der Waals surface area contributed by atoms with E-state index in [4.69, 9.17) is 13.9 Å². The Balaban J connectivity index is 1.59. The van der Waals surface area contributed by atoms with Crippen molar-refractivity contribution >= 4 is 11.9 Å². The van der Waals surface area contributed by atoms with Crippen LogP contribution in [0.15, 0.2) is 59.2 Å². The number of methoxy groups -OCH3 is 1. The van der Waals surface area contributed by atoms with Crippen LogP contribution in [0.3, 0.4) is 0 Å². The van der Waals surface area contributed by atoms with Gasteiger partial charge in [0.25, 0.3) is 5.91 Å². The molecule has 1 amide bonds. The van der Waals surface area contributed by atoms with Crippen molar-refractivity contribution in [1.82, 2.24) is 5.32 Å². The highest BCUT2D eigenvalue weighted by Crippen LogP contribution is 2.41. The first kappa shape index (κ1) is 18.8. The largest absolute Gasteiger partial charge is 0.487 e. The van der Waals surface area contributed by atoms with Gasteiger partial charge >= 0.3 is 5.97 Å². The van der Waals surface area contributed by atoms with Crippen LogP contribution >= 0.6 is 0 Å². The van der Waals surface area contributed by atoms with Gasteiger partial charge in [-0.15, -0.1) is 0 Å². The zero-order chi connectivity index (χ0) is 20.4. The number of aryl methyl sites for hydroxylation is 1. The Hall–Kier alpha value is -3.54. The molecule has 29 heavy (non-hydrogen) atoms. The Bertz CT molecular complexity index is 1060. The Kier molecular flexibility index (Phi) is 5.08. The van der Waals surface area contributed by atoms with Crippen molar-refractivity contribution in [1.29, 1.82) is 0 Å². The molecule has 6 heteroatoms. The number of esters is 1. The van der Waals surface area contributed by atoms with Crippen LogP contribution < -0.4 is 10.1 Å². The van der Waals surface area contributed by atoms with Gasteiger partial charge in [0.1, 0.15) is 11.9 Å². The number of hydrogen-bond donors (Lipinski definition) is 1. The van der Waals surface area contributed by atoms with Crippen LogP contribution in [0.5, 0.6) is 5.75 Å². The van der Waals surface area contributed by atoms with Gasteiger partial charge in [-0.3, -0.25) is 4.79 Å². The molecule has 1 aliphatic heterocycles. The molecule has 1 N–H and O–H groups in total. The summed E-state index contributed by atoms with van der Waals surface area (Å²) in [5.74, 6) is 0.339. The summed E-state index contributed by atoms with van der Waals surface area (Å²) in [6.07, 6.45) is 1.93. The summed E-state index contributed by atoms with van der Waals surface area (Å²) in [5.41, 5.74) is 4.22. The number of hydrogen-bond acceptors (Lipinski definition) is 5. The smallest absolute Gasteiger partial charge is 0.338 e. The first-order chi connectivity index (χ1) is 14.1. The summed E-state index contributed by atoms with van der Waals surface area (Å²) in [6, 6.07) is 14.7. The number of fused-ring (bicyclic) bond motifs is 1. The Morgan fingerprint density at radius 2 is 1.97 bits per heavy atom. The number of carbonyl (C=O) groups excluding carboxylic acids is 2. The molecule has 3 aromatic rings. The summed E-state index contributed by atoms with van der Waals surface area (Å²) in [6.45, 7) is 2.36. The van der Waals surface area contributed by atoms with E-state index in [2.05, 4.69) is 11.4 Å². The van der Waals surface area contributed by atoms with E-state index < -0.39 is 5.97 Å². The van der Waals surface area contributed by atoms with Crippen LogP contribution in [0.4, 0.5) is 0 Å². The minimum absolute atomic E-state index is 0.199. The van der Waals surface area contributed by atoms with Crippen LogP contribution in [-0.2, 0) is 11.2 Å². The summed E-state index contributed by atoms with van der Waals surface area (Å²) >= 11 is 0. The highest BCUT2D eigenvalue weighted by atomic mass is 16.5. The minimum Gasteiger partial charge on any atom is -0.487 e. The molecule has 2 aromatic carbocycles. The molecule has 1 unspecified atom stereocenters. The molecule has 0 radical (unpaired) electrons. The van der Waals surface area contributed by atoms with Crippen LogP contribution in [0, 0.1) is 6.92 Å². The van der Waals surface area contributed by atoms with Gasteiger partial charge < -0.3 is 19.2 Å². The molecule has 148 valence electrons. The highest BCUT2D eigenvalue weighted by molar-refractivity contribution is 5.98. The number of furan rings is 1. The van der Waals surface area contributed by atoms with E-state index in [0.29, 0.717) is 18.5 Å². The van der Waals surface area contributed by atoms with Crippen LogP contribution in [0.2, 0.25) is 0 Å². The van der Waals surface area contributed by atoms with Crippen molar-refractivity contribution in [3.63, 3.8) is 0 Å². The minimum atomic E-state index is -0.392. The van der Waals surface area contributed by atoms with Crippen molar-refractivity contribution in [2.75, 3.05) is 13.7 Å². The maximum Gasteiger partial charge on any atom is 0.338 e. The summed E-state index contributed by atoms with van der Waals surface area (Å²) in [5, 5.41) is 2.84. The normalized spacial score (nSPS) is 14.8. The molecular formula is C23H21NO5. The molecule has 1 atom stereocenters. The van der Waals surface area contributed by atoms with E-state index in [0.717, 1.165) is 28.0 Å². The van der Waals surface area contributed by atoms with Crippen molar-refractivity contribution in [3.8, 4) is 16.9 Å². The molecule has 1 aliphatic rings. The second kappa shape index (κ2) is 7.83. The average molecular weight is 391 g/mol. The van der Waals surface area contributed by atoms with Crippen LogP contribution in [0.1, 0.15) is 32.0 Å². The van der Waals surface area contributed by atoms with E-state index in [9.17, 15) is 9.59 Å². The Morgan fingerprint density at radius 3 is 2.72 bits per heavy atom. The van der Waals surface area contributed by atoms with Gasteiger partial charge in [0.2, 0.25) is 0 Å². The predicted octanol–water partition coefficient (Wildman–Crippen LogP) is 3.78. The fraction of sp³-hybridized carbons (Fsp3) is 0.217. The first-order valence-corrected chi connectivity index (χ1v) is 9.36. The van der Waals surface area contributed by atoms with Gasteiger partial charge in [-0.2, -0.15) is 0 Å². The third kappa shape index (κ3) is 3.74. The summed E-state index contributed by atoms with van der Waals surface area (Å²) < 4.78 is 16.2. The molecule has 6 nitrogen and oxygen atoms in total. The molecule has 1 aromatic heterocycles. The third-order valence-electron chi connectivity index (χ3n) is 4.90. The Labute approximate surface area is 168 Å². The van der Waals surface area contributed by atoms with E-state index in [1.165, 1.54) is 13.4 Å². The van der Waals surface area contributed by atoms with E-state index in [1.807, 2.05) is 25.1 Å². The second-order valence-corrected chi connectivity index (χ2v) is 6.97. The van der Waals surface area contributed by atoms with Gasteiger partial charge in [0.05, 0.1) is 25.5 Å². The zero-order valence-corrected chi connectivity index (χ0v) is 16.2. The van der Waals surface area contributed by atoms with Crippen molar-refractivity contribution < 1.29 is 23.5 Å². The summed E-state index contributed by atoms with van der Waals surface area (Å²) in [7, 11) is 1.37. The van der Waals surface area contributed by atoms with E-state index >= 15 is 0 Å².